The Morgan fingerprint density at radius 3 is 2.60 bits per heavy atom. The first-order valence-corrected chi connectivity index (χ1v) is 11.4. The second kappa shape index (κ2) is 9.66. The van der Waals surface area contributed by atoms with Gasteiger partial charge in [-0.15, -0.1) is 11.3 Å². The molecule has 0 unspecified atom stereocenters. The SMILES string of the molecule is CCCCCCCCN1CCN(S(=O)(=O)c2cccs2)[C@H](C(N)=O)C1. The van der Waals surface area contributed by atoms with E-state index in [1.807, 2.05) is 0 Å². The van der Waals surface area contributed by atoms with Crippen molar-refractivity contribution in [2.75, 3.05) is 26.2 Å². The molecule has 1 aromatic heterocycles. The van der Waals surface area contributed by atoms with Gasteiger partial charge in [-0.25, -0.2) is 8.42 Å². The summed E-state index contributed by atoms with van der Waals surface area (Å²) < 4.78 is 27.0. The number of nitrogens with zero attached hydrogens (tertiary/aromatic N) is 2. The number of thiophene rings is 1. The van der Waals surface area contributed by atoms with Crippen LogP contribution in [-0.2, 0) is 14.8 Å². The predicted molar refractivity (Wildman–Crippen MR) is 101 cm³/mol. The van der Waals surface area contributed by atoms with Crippen LogP contribution in [-0.4, -0.2) is 55.8 Å². The molecule has 6 nitrogen and oxygen atoms in total. The number of unbranched alkanes of at least 4 members (excludes halogenated alkanes) is 5. The average molecular weight is 388 g/mol. The van der Waals surface area contributed by atoms with E-state index in [9.17, 15) is 13.2 Å². The minimum atomic E-state index is -3.65. The standard InChI is InChI=1S/C17H29N3O3S2/c1-2-3-4-5-6-7-10-19-11-12-20(15(14-19)17(18)21)25(22,23)16-9-8-13-24-16/h8-9,13,15H,2-7,10-12,14H2,1H3,(H2,18,21)/t15-/m0/s1. The maximum atomic E-state index is 12.7. The lowest BCUT2D eigenvalue weighted by molar-refractivity contribution is -0.123. The summed E-state index contributed by atoms with van der Waals surface area (Å²) in [6.45, 7) is 4.43. The summed E-state index contributed by atoms with van der Waals surface area (Å²) in [4.78, 5) is 14.0. The Kier molecular flexibility index (Phi) is 7.86. The first-order valence-electron chi connectivity index (χ1n) is 9.04. The van der Waals surface area contributed by atoms with Crippen molar-refractivity contribution in [1.29, 1.82) is 0 Å². The van der Waals surface area contributed by atoms with Crippen molar-refractivity contribution in [3.05, 3.63) is 17.5 Å². The molecule has 1 fully saturated rings. The van der Waals surface area contributed by atoms with Gasteiger partial charge in [0.1, 0.15) is 10.3 Å². The van der Waals surface area contributed by atoms with Crippen LogP contribution in [0.2, 0.25) is 0 Å². The number of hydrogen-bond acceptors (Lipinski definition) is 5. The Morgan fingerprint density at radius 1 is 1.24 bits per heavy atom. The summed E-state index contributed by atoms with van der Waals surface area (Å²) >= 11 is 1.17. The van der Waals surface area contributed by atoms with Gasteiger partial charge in [0.2, 0.25) is 5.91 Å². The van der Waals surface area contributed by atoms with Crippen LogP contribution in [0.4, 0.5) is 0 Å². The highest BCUT2D eigenvalue weighted by Gasteiger charge is 2.39. The molecule has 2 rings (SSSR count). The second-order valence-corrected chi connectivity index (χ2v) is 9.60. The van der Waals surface area contributed by atoms with Crippen molar-refractivity contribution in [2.45, 2.75) is 55.7 Å². The number of rotatable bonds is 10. The van der Waals surface area contributed by atoms with Gasteiger partial charge in [-0.3, -0.25) is 9.69 Å². The normalized spacial score (nSPS) is 20.0. The summed E-state index contributed by atoms with van der Waals surface area (Å²) in [5.74, 6) is -0.576. The van der Waals surface area contributed by atoms with Crippen LogP contribution in [0, 0.1) is 0 Å². The predicted octanol–water partition coefficient (Wildman–Crippen LogP) is 2.27. The van der Waals surface area contributed by atoms with Gasteiger partial charge in [0.05, 0.1) is 0 Å². The van der Waals surface area contributed by atoms with E-state index in [4.69, 9.17) is 5.73 Å². The molecule has 1 atom stereocenters. The topological polar surface area (TPSA) is 83.7 Å². The Morgan fingerprint density at radius 2 is 1.96 bits per heavy atom. The van der Waals surface area contributed by atoms with Crippen LogP contribution in [0.1, 0.15) is 45.4 Å². The van der Waals surface area contributed by atoms with Crippen LogP contribution >= 0.6 is 11.3 Å². The summed E-state index contributed by atoms with van der Waals surface area (Å²) in [6, 6.07) is 2.48. The Labute approximate surface area is 155 Å². The van der Waals surface area contributed by atoms with Gasteiger partial charge in [0.25, 0.3) is 10.0 Å². The number of sulfonamides is 1. The van der Waals surface area contributed by atoms with Crippen molar-refractivity contribution < 1.29 is 13.2 Å². The van der Waals surface area contributed by atoms with Crippen LogP contribution < -0.4 is 5.73 Å². The molecule has 0 spiro atoms. The molecule has 0 aromatic carbocycles. The molecule has 1 aliphatic heterocycles. The van der Waals surface area contributed by atoms with Crippen molar-refractivity contribution in [3.8, 4) is 0 Å². The number of amides is 1. The Bertz CT molecular complexity index is 632. The molecule has 25 heavy (non-hydrogen) atoms. The van der Waals surface area contributed by atoms with Gasteiger partial charge < -0.3 is 5.73 Å². The number of primary amides is 1. The molecule has 1 amide bonds. The Hall–Kier alpha value is -0.960. The van der Waals surface area contributed by atoms with E-state index < -0.39 is 22.0 Å². The van der Waals surface area contributed by atoms with Crippen LogP contribution in [0.5, 0.6) is 0 Å². The second-order valence-electron chi connectivity index (χ2n) is 6.53. The lowest BCUT2D eigenvalue weighted by Gasteiger charge is -2.38. The molecule has 0 radical (unpaired) electrons. The van der Waals surface area contributed by atoms with E-state index >= 15 is 0 Å². The first kappa shape index (κ1) is 20.4. The molecule has 2 N–H and O–H groups in total. The minimum absolute atomic E-state index is 0.267. The fourth-order valence-electron chi connectivity index (χ4n) is 3.19. The van der Waals surface area contributed by atoms with E-state index in [-0.39, 0.29) is 4.21 Å². The van der Waals surface area contributed by atoms with E-state index in [1.54, 1.807) is 17.5 Å². The molecule has 2 heterocycles. The van der Waals surface area contributed by atoms with Crippen LogP contribution in [0.15, 0.2) is 21.7 Å². The van der Waals surface area contributed by atoms with E-state index in [0.29, 0.717) is 19.6 Å². The number of hydrogen-bond donors (Lipinski definition) is 1. The third-order valence-electron chi connectivity index (χ3n) is 4.63. The zero-order chi connectivity index (χ0) is 18.3. The van der Waals surface area contributed by atoms with Crippen molar-refractivity contribution >= 4 is 27.3 Å². The average Bonchev–Trinajstić information content (AvgIpc) is 3.13. The van der Waals surface area contributed by atoms with Crippen LogP contribution in [0.25, 0.3) is 0 Å². The van der Waals surface area contributed by atoms with Gasteiger partial charge in [-0.2, -0.15) is 4.31 Å². The molecule has 1 aromatic rings. The molecule has 8 heteroatoms. The zero-order valence-corrected chi connectivity index (χ0v) is 16.5. The molecule has 1 saturated heterocycles. The fraction of sp³-hybridized carbons (Fsp3) is 0.706. The summed E-state index contributed by atoms with van der Waals surface area (Å²) in [5, 5.41) is 1.72. The van der Waals surface area contributed by atoms with Crippen molar-refractivity contribution in [3.63, 3.8) is 0 Å². The van der Waals surface area contributed by atoms with E-state index in [2.05, 4.69) is 11.8 Å². The van der Waals surface area contributed by atoms with Crippen LogP contribution in [0.3, 0.4) is 0 Å². The smallest absolute Gasteiger partial charge is 0.253 e. The molecule has 142 valence electrons. The molecular weight excluding hydrogens is 358 g/mol. The van der Waals surface area contributed by atoms with Gasteiger partial charge >= 0.3 is 0 Å². The van der Waals surface area contributed by atoms with Gasteiger partial charge in [0.15, 0.2) is 0 Å². The summed E-state index contributed by atoms with van der Waals surface area (Å²) in [5.41, 5.74) is 5.51. The largest absolute Gasteiger partial charge is 0.368 e. The minimum Gasteiger partial charge on any atom is -0.368 e. The highest BCUT2D eigenvalue weighted by atomic mass is 32.2. The molecule has 0 saturated carbocycles. The number of nitrogens with two attached hydrogens (primary N) is 1. The lowest BCUT2D eigenvalue weighted by Crippen LogP contribution is -2.59. The van der Waals surface area contributed by atoms with E-state index in [0.717, 1.165) is 13.0 Å². The fourth-order valence-corrected chi connectivity index (χ4v) is 5.88. The van der Waals surface area contributed by atoms with Crippen molar-refractivity contribution in [1.82, 2.24) is 9.21 Å². The summed E-state index contributed by atoms with van der Waals surface area (Å²) in [7, 11) is -3.65. The number of piperazine rings is 1. The molecule has 0 bridgehead atoms. The monoisotopic (exact) mass is 387 g/mol. The van der Waals surface area contributed by atoms with E-state index in [1.165, 1.54) is 47.7 Å². The quantitative estimate of drug-likeness (QED) is 0.624. The maximum Gasteiger partial charge on any atom is 0.253 e. The van der Waals surface area contributed by atoms with Gasteiger partial charge in [0, 0.05) is 19.6 Å². The zero-order valence-electron chi connectivity index (χ0n) is 14.9. The Balaban J connectivity index is 1.91. The van der Waals surface area contributed by atoms with Gasteiger partial charge in [-0.1, -0.05) is 45.1 Å². The highest BCUT2D eigenvalue weighted by Crippen LogP contribution is 2.25. The lowest BCUT2D eigenvalue weighted by atomic mass is 10.1. The third-order valence-corrected chi connectivity index (χ3v) is 7.91. The first-order chi connectivity index (χ1) is 12.0. The van der Waals surface area contributed by atoms with Crippen molar-refractivity contribution in [2.24, 2.45) is 5.73 Å². The maximum absolute atomic E-state index is 12.7. The molecule has 1 aliphatic rings. The number of carbonyl (C=O) groups is 1. The molecule has 0 aliphatic carbocycles. The van der Waals surface area contributed by atoms with Gasteiger partial charge in [-0.05, 0) is 24.4 Å². The number of carbonyl (C=O) groups excluding carboxylic acids is 1. The summed E-state index contributed by atoms with van der Waals surface area (Å²) in [6.07, 6.45) is 7.28. The highest BCUT2D eigenvalue weighted by molar-refractivity contribution is 7.91. The third kappa shape index (κ3) is 5.51. The molecular formula is C17H29N3O3S2.